The van der Waals surface area contributed by atoms with Gasteiger partial charge >= 0.3 is 0 Å². The van der Waals surface area contributed by atoms with Crippen molar-refractivity contribution in [3.8, 4) is 0 Å². The van der Waals surface area contributed by atoms with E-state index in [4.69, 9.17) is 4.74 Å². The van der Waals surface area contributed by atoms with Gasteiger partial charge in [0.1, 0.15) is 0 Å². The van der Waals surface area contributed by atoms with Gasteiger partial charge in [-0.1, -0.05) is 0 Å². The fourth-order valence-corrected chi connectivity index (χ4v) is 5.50. The molecule has 1 spiro atoms. The molecule has 2 amide bonds. The molecule has 3 heterocycles. The van der Waals surface area contributed by atoms with E-state index in [0.717, 1.165) is 17.0 Å². The minimum Gasteiger partial charge on any atom is -0.361 e. The Labute approximate surface area is 177 Å². The number of aryl methyl sites for hydroxylation is 2. The van der Waals surface area contributed by atoms with Crippen molar-refractivity contribution in [2.24, 2.45) is 13.0 Å². The first kappa shape index (κ1) is 22.7. The molecule has 3 rings (SSSR count). The van der Waals surface area contributed by atoms with Crippen molar-refractivity contribution in [3.05, 3.63) is 17.0 Å². The first-order chi connectivity index (χ1) is 14.0. The summed E-state index contributed by atoms with van der Waals surface area (Å²) in [6, 6.07) is 0. The standard InChI is InChI=1S/C19H31N5O5S/c1-12(2)30(27,28)24-10-16(19(11-24)18(26)21-8-9-29-19)17(25)20-7-6-15-13(3)22-23(5)14(15)4/h12,16H,6-11H2,1-5H3,(H,20,25)(H,21,26)/t16-,19-/m1/s1. The molecule has 2 saturated heterocycles. The van der Waals surface area contributed by atoms with Crippen LogP contribution < -0.4 is 10.6 Å². The summed E-state index contributed by atoms with van der Waals surface area (Å²) >= 11 is 0. The minimum atomic E-state index is -3.63. The minimum absolute atomic E-state index is 0.0787. The largest absolute Gasteiger partial charge is 0.361 e. The third kappa shape index (κ3) is 3.85. The third-order valence-corrected chi connectivity index (χ3v) is 8.29. The number of ether oxygens (including phenoxy) is 1. The van der Waals surface area contributed by atoms with Crippen LogP contribution >= 0.6 is 0 Å². The molecule has 0 unspecified atom stereocenters. The van der Waals surface area contributed by atoms with Crippen LogP contribution in [0.5, 0.6) is 0 Å². The van der Waals surface area contributed by atoms with Crippen LogP contribution in [-0.4, -0.2) is 78.0 Å². The van der Waals surface area contributed by atoms with Gasteiger partial charge in [-0.3, -0.25) is 14.3 Å². The van der Waals surface area contributed by atoms with Crippen molar-refractivity contribution in [1.29, 1.82) is 0 Å². The Hall–Kier alpha value is -1.98. The number of carbonyl (C=O) groups is 2. The van der Waals surface area contributed by atoms with Crippen molar-refractivity contribution in [2.45, 2.75) is 45.0 Å². The summed E-state index contributed by atoms with van der Waals surface area (Å²) in [4.78, 5) is 25.8. The van der Waals surface area contributed by atoms with Gasteiger partial charge in [0.2, 0.25) is 15.9 Å². The van der Waals surface area contributed by atoms with Gasteiger partial charge in [0.25, 0.3) is 5.91 Å². The number of carbonyl (C=O) groups excluding carboxylic acids is 2. The summed E-state index contributed by atoms with van der Waals surface area (Å²) in [6.45, 7) is 7.75. The van der Waals surface area contributed by atoms with Gasteiger partial charge in [0.15, 0.2) is 5.60 Å². The van der Waals surface area contributed by atoms with Crippen LogP contribution in [0.1, 0.15) is 30.8 Å². The zero-order valence-corrected chi connectivity index (χ0v) is 19.0. The lowest BCUT2D eigenvalue weighted by atomic mass is 9.87. The van der Waals surface area contributed by atoms with E-state index in [2.05, 4.69) is 15.7 Å². The average Bonchev–Trinajstić information content (AvgIpc) is 3.18. The predicted octanol–water partition coefficient (Wildman–Crippen LogP) is -0.749. The fourth-order valence-electron chi connectivity index (χ4n) is 4.18. The van der Waals surface area contributed by atoms with Crippen molar-refractivity contribution in [1.82, 2.24) is 24.7 Å². The maximum absolute atomic E-state index is 13.1. The van der Waals surface area contributed by atoms with Gasteiger partial charge in [0, 0.05) is 32.4 Å². The molecule has 168 valence electrons. The average molecular weight is 442 g/mol. The molecule has 0 saturated carbocycles. The number of morpholine rings is 1. The Kier molecular flexibility index (Phi) is 6.26. The maximum atomic E-state index is 13.1. The van der Waals surface area contributed by atoms with Crippen molar-refractivity contribution in [3.63, 3.8) is 0 Å². The van der Waals surface area contributed by atoms with Gasteiger partial charge in [-0.2, -0.15) is 9.40 Å². The van der Waals surface area contributed by atoms with Gasteiger partial charge < -0.3 is 15.4 Å². The topological polar surface area (TPSA) is 123 Å². The summed E-state index contributed by atoms with van der Waals surface area (Å²) in [5, 5.41) is 9.32. The molecule has 1 aromatic heterocycles. The summed E-state index contributed by atoms with van der Waals surface area (Å²) in [6.07, 6.45) is 0.595. The first-order valence-corrected chi connectivity index (χ1v) is 11.7. The highest BCUT2D eigenvalue weighted by Crippen LogP contribution is 2.35. The first-order valence-electron chi connectivity index (χ1n) is 10.2. The molecular formula is C19H31N5O5S. The van der Waals surface area contributed by atoms with Crippen LogP contribution in [0.4, 0.5) is 0 Å². The summed E-state index contributed by atoms with van der Waals surface area (Å²) < 4.78 is 34.2. The van der Waals surface area contributed by atoms with Crippen LogP contribution in [0.25, 0.3) is 0 Å². The Morgan fingerprint density at radius 2 is 2.10 bits per heavy atom. The van der Waals surface area contributed by atoms with E-state index >= 15 is 0 Å². The Bertz CT molecular complexity index is 941. The molecule has 0 bridgehead atoms. The number of amides is 2. The Balaban J connectivity index is 1.77. The van der Waals surface area contributed by atoms with Gasteiger partial charge in [-0.25, -0.2) is 8.42 Å². The SMILES string of the molecule is Cc1nn(C)c(C)c1CCNC(=O)[C@H]1CN(S(=O)(=O)C(C)C)C[C@@]12OCCNC2=O. The van der Waals surface area contributed by atoms with E-state index in [0.29, 0.717) is 19.5 Å². The van der Waals surface area contributed by atoms with Gasteiger partial charge in [-0.05, 0) is 39.7 Å². The van der Waals surface area contributed by atoms with E-state index in [1.54, 1.807) is 18.5 Å². The van der Waals surface area contributed by atoms with E-state index < -0.39 is 32.7 Å². The number of aromatic nitrogens is 2. The van der Waals surface area contributed by atoms with Crippen molar-refractivity contribution < 1.29 is 22.7 Å². The number of hydrogen-bond acceptors (Lipinski definition) is 6. The molecule has 30 heavy (non-hydrogen) atoms. The lowest BCUT2D eigenvalue weighted by Gasteiger charge is -2.36. The summed E-state index contributed by atoms with van der Waals surface area (Å²) in [5.74, 6) is -1.73. The predicted molar refractivity (Wildman–Crippen MR) is 110 cm³/mol. The number of hydrogen-bond donors (Lipinski definition) is 2. The molecule has 0 aliphatic carbocycles. The summed E-state index contributed by atoms with van der Waals surface area (Å²) in [7, 11) is -1.76. The van der Waals surface area contributed by atoms with Crippen molar-refractivity contribution in [2.75, 3.05) is 32.8 Å². The number of rotatable bonds is 6. The quantitative estimate of drug-likeness (QED) is 0.599. The molecule has 2 aliphatic heterocycles. The molecule has 11 heteroatoms. The molecule has 2 atom stereocenters. The monoisotopic (exact) mass is 441 g/mol. The molecule has 10 nitrogen and oxygen atoms in total. The van der Waals surface area contributed by atoms with Crippen molar-refractivity contribution >= 4 is 21.8 Å². The van der Waals surface area contributed by atoms with Gasteiger partial charge in [0.05, 0.1) is 30.0 Å². The van der Waals surface area contributed by atoms with E-state index in [9.17, 15) is 18.0 Å². The molecule has 2 N–H and O–H groups in total. The Morgan fingerprint density at radius 1 is 1.40 bits per heavy atom. The molecule has 0 aromatic carbocycles. The fraction of sp³-hybridized carbons (Fsp3) is 0.737. The highest BCUT2D eigenvalue weighted by Gasteiger charge is 2.59. The van der Waals surface area contributed by atoms with Crippen LogP contribution in [0, 0.1) is 19.8 Å². The third-order valence-electron chi connectivity index (χ3n) is 6.10. The molecule has 1 aromatic rings. The Morgan fingerprint density at radius 3 is 2.67 bits per heavy atom. The number of nitrogens with one attached hydrogen (secondary N) is 2. The lowest BCUT2D eigenvalue weighted by molar-refractivity contribution is -0.163. The van der Waals surface area contributed by atoms with Crippen LogP contribution in [-0.2, 0) is 37.8 Å². The van der Waals surface area contributed by atoms with Crippen LogP contribution in [0.2, 0.25) is 0 Å². The normalized spacial score (nSPS) is 25.1. The van der Waals surface area contributed by atoms with Crippen LogP contribution in [0.15, 0.2) is 0 Å². The number of sulfonamides is 1. The van der Waals surface area contributed by atoms with Gasteiger partial charge in [-0.15, -0.1) is 0 Å². The maximum Gasteiger partial charge on any atom is 0.254 e. The highest BCUT2D eigenvalue weighted by atomic mass is 32.2. The highest BCUT2D eigenvalue weighted by molar-refractivity contribution is 7.89. The lowest BCUT2D eigenvalue weighted by Crippen LogP contribution is -2.62. The zero-order valence-electron chi connectivity index (χ0n) is 18.2. The summed E-state index contributed by atoms with van der Waals surface area (Å²) in [5.41, 5.74) is 1.51. The van der Waals surface area contributed by atoms with E-state index in [1.807, 2.05) is 20.9 Å². The molecule has 2 aliphatic rings. The second kappa shape index (κ2) is 8.27. The van der Waals surface area contributed by atoms with E-state index in [-0.39, 0.29) is 25.6 Å². The molecular weight excluding hydrogens is 410 g/mol. The number of nitrogens with zero attached hydrogens (tertiary/aromatic N) is 3. The second-order valence-electron chi connectivity index (χ2n) is 8.25. The zero-order chi connectivity index (χ0) is 22.3. The molecule has 0 radical (unpaired) electrons. The van der Waals surface area contributed by atoms with Crippen LogP contribution in [0.3, 0.4) is 0 Å². The molecule has 2 fully saturated rings. The van der Waals surface area contributed by atoms with E-state index in [1.165, 1.54) is 4.31 Å². The smallest absolute Gasteiger partial charge is 0.254 e. The second-order valence-corrected chi connectivity index (χ2v) is 10.7.